The second-order valence-electron chi connectivity index (χ2n) is 5.46. The lowest BCUT2D eigenvalue weighted by Crippen LogP contribution is -2.11. The van der Waals surface area contributed by atoms with E-state index in [-0.39, 0.29) is 5.41 Å². The van der Waals surface area contributed by atoms with Crippen LogP contribution in [-0.4, -0.2) is 4.98 Å². The van der Waals surface area contributed by atoms with E-state index in [1.807, 2.05) is 0 Å². The number of benzene rings is 1. The van der Waals surface area contributed by atoms with Crippen molar-refractivity contribution in [2.45, 2.75) is 33.1 Å². The zero-order valence-corrected chi connectivity index (χ0v) is 13.4. The first-order valence-electron chi connectivity index (χ1n) is 5.82. The molecule has 0 unspecified atom stereocenters. The molecule has 0 atom stereocenters. The number of nitrogens with zero attached hydrogens (tertiary/aromatic N) is 1. The molecule has 0 bridgehead atoms. The van der Waals surface area contributed by atoms with Gasteiger partial charge < -0.3 is 5.73 Å². The largest absolute Gasteiger partial charge is 0.382 e. The van der Waals surface area contributed by atoms with Gasteiger partial charge in [0.1, 0.15) is 14.6 Å². The highest BCUT2D eigenvalue weighted by atomic mass is 79.9. The summed E-state index contributed by atoms with van der Waals surface area (Å²) in [6, 6.07) is 6.55. The summed E-state index contributed by atoms with van der Waals surface area (Å²) in [4.78, 5) is 4.38. The van der Waals surface area contributed by atoms with Crippen molar-refractivity contribution in [3.05, 3.63) is 33.1 Å². The predicted molar refractivity (Wildman–Crippen MR) is 83.1 cm³/mol. The molecule has 0 radical (unpaired) electrons. The average molecular weight is 325 g/mol. The van der Waals surface area contributed by atoms with Gasteiger partial charge in [0.05, 0.1) is 0 Å². The standard InChI is InChI=1S/C14H17BrN2S/c1-8-7-9(14(2,3)4)5-6-10(8)13-17-12(16)11(15)18-13/h5-7H,16H2,1-4H3. The quantitative estimate of drug-likeness (QED) is 0.821. The van der Waals surface area contributed by atoms with Crippen molar-refractivity contribution in [3.8, 4) is 10.6 Å². The molecule has 0 spiro atoms. The van der Waals surface area contributed by atoms with Gasteiger partial charge in [0.2, 0.25) is 0 Å². The Kier molecular flexibility index (Phi) is 3.52. The summed E-state index contributed by atoms with van der Waals surface area (Å²) in [5.41, 5.74) is 9.69. The molecule has 0 aliphatic carbocycles. The maximum absolute atomic E-state index is 5.78. The normalized spacial score (nSPS) is 11.8. The molecule has 2 aromatic rings. The average Bonchev–Trinajstić information content (AvgIpc) is 2.57. The van der Waals surface area contributed by atoms with E-state index in [1.54, 1.807) is 11.3 Å². The molecule has 18 heavy (non-hydrogen) atoms. The minimum absolute atomic E-state index is 0.172. The number of thiazole rings is 1. The van der Waals surface area contributed by atoms with Gasteiger partial charge in [-0.25, -0.2) is 4.98 Å². The molecule has 1 aromatic heterocycles. The van der Waals surface area contributed by atoms with Gasteiger partial charge in [-0.2, -0.15) is 0 Å². The van der Waals surface area contributed by atoms with Crippen molar-refractivity contribution < 1.29 is 0 Å². The van der Waals surface area contributed by atoms with Crippen molar-refractivity contribution in [3.63, 3.8) is 0 Å². The third-order valence-electron chi connectivity index (χ3n) is 2.93. The molecule has 4 heteroatoms. The second-order valence-corrected chi connectivity index (χ2v) is 7.77. The van der Waals surface area contributed by atoms with E-state index >= 15 is 0 Å². The molecular formula is C14H17BrN2S. The number of rotatable bonds is 1. The van der Waals surface area contributed by atoms with Gasteiger partial charge >= 0.3 is 0 Å². The van der Waals surface area contributed by atoms with Crippen LogP contribution in [0.3, 0.4) is 0 Å². The third-order valence-corrected chi connectivity index (χ3v) is 4.72. The van der Waals surface area contributed by atoms with Crippen LogP contribution in [0.15, 0.2) is 22.0 Å². The van der Waals surface area contributed by atoms with Gasteiger partial charge in [0.25, 0.3) is 0 Å². The van der Waals surface area contributed by atoms with E-state index in [1.165, 1.54) is 11.1 Å². The molecule has 0 amide bonds. The first-order chi connectivity index (χ1) is 8.29. The Hall–Kier alpha value is -0.870. The topological polar surface area (TPSA) is 38.9 Å². The predicted octanol–water partition coefficient (Wildman–Crippen LogP) is 4.76. The van der Waals surface area contributed by atoms with Crippen molar-refractivity contribution in [1.82, 2.24) is 4.98 Å². The smallest absolute Gasteiger partial charge is 0.149 e. The number of aromatic nitrogens is 1. The Bertz CT molecular complexity index is 562. The highest BCUT2D eigenvalue weighted by molar-refractivity contribution is 9.11. The Morgan fingerprint density at radius 1 is 1.28 bits per heavy atom. The summed E-state index contributed by atoms with van der Waals surface area (Å²) in [6.07, 6.45) is 0. The number of aryl methyl sites for hydroxylation is 1. The van der Waals surface area contributed by atoms with E-state index in [9.17, 15) is 0 Å². The van der Waals surface area contributed by atoms with E-state index in [0.717, 1.165) is 14.4 Å². The highest BCUT2D eigenvalue weighted by Crippen LogP contribution is 2.36. The van der Waals surface area contributed by atoms with E-state index in [0.29, 0.717) is 5.82 Å². The number of anilines is 1. The summed E-state index contributed by atoms with van der Waals surface area (Å²) in [5.74, 6) is 0.564. The maximum Gasteiger partial charge on any atom is 0.149 e. The molecule has 1 heterocycles. The molecule has 1 aromatic carbocycles. The fourth-order valence-corrected chi connectivity index (χ4v) is 3.15. The first kappa shape index (κ1) is 13.6. The number of hydrogen-bond donors (Lipinski definition) is 1. The third kappa shape index (κ3) is 2.59. The summed E-state index contributed by atoms with van der Waals surface area (Å²) in [5, 5.41) is 0.970. The van der Waals surface area contributed by atoms with Crippen LogP contribution in [0.1, 0.15) is 31.9 Å². The van der Waals surface area contributed by atoms with Crippen LogP contribution in [0.25, 0.3) is 10.6 Å². The molecule has 2 N–H and O–H groups in total. The Morgan fingerprint density at radius 3 is 2.39 bits per heavy atom. The van der Waals surface area contributed by atoms with Gasteiger partial charge in [0, 0.05) is 5.56 Å². The zero-order valence-electron chi connectivity index (χ0n) is 11.0. The molecule has 0 saturated heterocycles. The van der Waals surface area contributed by atoms with Crippen molar-refractivity contribution in [1.29, 1.82) is 0 Å². The monoisotopic (exact) mass is 324 g/mol. The van der Waals surface area contributed by atoms with Crippen LogP contribution in [0.4, 0.5) is 5.82 Å². The molecule has 96 valence electrons. The Balaban J connectivity index is 2.48. The first-order valence-corrected chi connectivity index (χ1v) is 7.43. The van der Waals surface area contributed by atoms with Gasteiger partial charge in [-0.3, -0.25) is 0 Å². The van der Waals surface area contributed by atoms with E-state index in [2.05, 4.69) is 66.8 Å². The second kappa shape index (κ2) is 4.67. The van der Waals surface area contributed by atoms with Crippen LogP contribution in [-0.2, 0) is 5.41 Å². The number of halogens is 1. The SMILES string of the molecule is Cc1cc(C(C)(C)C)ccc1-c1nc(N)c(Br)s1. The molecule has 0 saturated carbocycles. The lowest BCUT2D eigenvalue weighted by Gasteiger charge is -2.20. The van der Waals surface area contributed by atoms with Gasteiger partial charge in [0.15, 0.2) is 0 Å². The fraction of sp³-hybridized carbons (Fsp3) is 0.357. The van der Waals surface area contributed by atoms with Gasteiger partial charge in [-0.05, 0) is 39.4 Å². The Labute approximate surface area is 120 Å². The molecule has 0 fully saturated rings. The summed E-state index contributed by atoms with van der Waals surface area (Å²) < 4.78 is 0.900. The molecular weight excluding hydrogens is 308 g/mol. The minimum atomic E-state index is 0.172. The molecule has 0 aliphatic rings. The lowest BCUT2D eigenvalue weighted by atomic mass is 9.85. The van der Waals surface area contributed by atoms with E-state index in [4.69, 9.17) is 5.73 Å². The van der Waals surface area contributed by atoms with Crippen LogP contribution in [0, 0.1) is 6.92 Å². The van der Waals surface area contributed by atoms with Crippen LogP contribution >= 0.6 is 27.3 Å². The number of nitrogens with two attached hydrogens (primary N) is 1. The van der Waals surface area contributed by atoms with Crippen LogP contribution in [0.2, 0.25) is 0 Å². The van der Waals surface area contributed by atoms with Gasteiger partial charge in [-0.1, -0.05) is 39.0 Å². The van der Waals surface area contributed by atoms with Crippen LogP contribution in [0.5, 0.6) is 0 Å². The number of hydrogen-bond acceptors (Lipinski definition) is 3. The molecule has 0 aliphatic heterocycles. The summed E-state index contributed by atoms with van der Waals surface area (Å²) >= 11 is 4.99. The fourth-order valence-electron chi connectivity index (χ4n) is 1.80. The Morgan fingerprint density at radius 2 is 1.94 bits per heavy atom. The minimum Gasteiger partial charge on any atom is -0.382 e. The highest BCUT2D eigenvalue weighted by Gasteiger charge is 2.16. The van der Waals surface area contributed by atoms with Crippen LogP contribution < -0.4 is 5.73 Å². The van der Waals surface area contributed by atoms with E-state index < -0.39 is 0 Å². The summed E-state index contributed by atoms with van der Waals surface area (Å²) in [7, 11) is 0. The van der Waals surface area contributed by atoms with Crippen molar-refractivity contribution >= 4 is 33.1 Å². The van der Waals surface area contributed by atoms with Crippen molar-refractivity contribution in [2.75, 3.05) is 5.73 Å². The lowest BCUT2D eigenvalue weighted by molar-refractivity contribution is 0.590. The zero-order chi connectivity index (χ0) is 13.5. The van der Waals surface area contributed by atoms with Gasteiger partial charge in [-0.15, -0.1) is 11.3 Å². The maximum atomic E-state index is 5.78. The van der Waals surface area contributed by atoms with Crippen molar-refractivity contribution in [2.24, 2.45) is 0 Å². The number of nitrogen functional groups attached to an aromatic ring is 1. The summed E-state index contributed by atoms with van der Waals surface area (Å²) in [6.45, 7) is 8.79. The molecule has 2 rings (SSSR count). The molecule has 2 nitrogen and oxygen atoms in total.